The third-order valence-corrected chi connectivity index (χ3v) is 3.57. The normalized spacial score (nSPS) is 17.9. The molecule has 1 unspecified atom stereocenters. The van der Waals surface area contributed by atoms with Gasteiger partial charge in [-0.15, -0.1) is 0 Å². The first-order valence-corrected chi connectivity index (χ1v) is 6.60. The van der Waals surface area contributed by atoms with Crippen molar-refractivity contribution in [3.8, 4) is 0 Å². The Morgan fingerprint density at radius 3 is 2.79 bits per heavy atom. The van der Waals surface area contributed by atoms with Crippen LogP contribution in [0.1, 0.15) is 10.4 Å². The number of hydrogen-bond acceptors (Lipinski definition) is 4. The van der Waals surface area contributed by atoms with Crippen molar-refractivity contribution in [2.75, 3.05) is 11.1 Å². The van der Waals surface area contributed by atoms with Gasteiger partial charge in [0.15, 0.2) is 0 Å². The summed E-state index contributed by atoms with van der Waals surface area (Å²) in [6.07, 6.45) is 0. The van der Waals surface area contributed by atoms with E-state index in [4.69, 9.17) is 16.7 Å². The van der Waals surface area contributed by atoms with Gasteiger partial charge in [0.2, 0.25) is 5.91 Å². The first-order chi connectivity index (χ1) is 8.97. The predicted molar refractivity (Wildman–Crippen MR) is 71.8 cm³/mol. The summed E-state index contributed by atoms with van der Waals surface area (Å²) in [6.45, 7) is 0. The number of carboxylic acids is 1. The third kappa shape index (κ3) is 3.18. The van der Waals surface area contributed by atoms with Crippen molar-refractivity contribution in [3.63, 3.8) is 0 Å². The van der Waals surface area contributed by atoms with Gasteiger partial charge in [-0.25, -0.2) is 4.79 Å². The van der Waals surface area contributed by atoms with Crippen LogP contribution in [0, 0.1) is 0 Å². The number of carbonyl (C=O) groups is 3. The van der Waals surface area contributed by atoms with E-state index in [-0.39, 0.29) is 21.5 Å². The molecule has 0 aliphatic carbocycles. The lowest BCUT2D eigenvalue weighted by atomic mass is 10.1. The molecule has 0 saturated carbocycles. The maximum Gasteiger partial charge on any atom is 0.337 e. The van der Waals surface area contributed by atoms with Gasteiger partial charge in [0.1, 0.15) is 6.04 Å². The maximum absolute atomic E-state index is 11.9. The van der Waals surface area contributed by atoms with Crippen molar-refractivity contribution < 1.29 is 19.5 Å². The van der Waals surface area contributed by atoms with E-state index in [9.17, 15) is 14.4 Å². The van der Waals surface area contributed by atoms with Crippen molar-refractivity contribution in [1.82, 2.24) is 5.32 Å². The number of halogens is 1. The van der Waals surface area contributed by atoms with Crippen LogP contribution in [-0.2, 0) is 4.79 Å². The zero-order valence-corrected chi connectivity index (χ0v) is 11.0. The molecule has 2 rings (SSSR count). The predicted octanol–water partition coefficient (Wildman–Crippen LogP) is 1.80. The van der Waals surface area contributed by atoms with Crippen molar-refractivity contribution >= 4 is 46.2 Å². The van der Waals surface area contributed by atoms with Crippen LogP contribution in [0.2, 0.25) is 5.02 Å². The van der Waals surface area contributed by atoms with Gasteiger partial charge in [-0.3, -0.25) is 9.59 Å². The van der Waals surface area contributed by atoms with Crippen LogP contribution in [-0.4, -0.2) is 34.0 Å². The van der Waals surface area contributed by atoms with Crippen molar-refractivity contribution in [2.24, 2.45) is 0 Å². The molecule has 1 saturated heterocycles. The summed E-state index contributed by atoms with van der Waals surface area (Å²) < 4.78 is 0. The molecule has 2 amide bonds. The molecule has 1 aromatic rings. The Morgan fingerprint density at radius 2 is 2.21 bits per heavy atom. The highest BCUT2D eigenvalue weighted by atomic mass is 35.5. The van der Waals surface area contributed by atoms with Gasteiger partial charge in [0, 0.05) is 10.8 Å². The quantitative estimate of drug-likeness (QED) is 0.791. The molecule has 1 aliphatic rings. The molecule has 19 heavy (non-hydrogen) atoms. The van der Waals surface area contributed by atoms with Gasteiger partial charge in [-0.2, -0.15) is 0 Å². The first kappa shape index (κ1) is 13.7. The van der Waals surface area contributed by atoms with E-state index in [2.05, 4.69) is 10.6 Å². The number of rotatable bonds is 3. The Balaban J connectivity index is 2.17. The number of amides is 2. The number of anilines is 1. The lowest BCUT2D eigenvalue weighted by Gasteiger charge is -2.12. The van der Waals surface area contributed by atoms with E-state index in [1.807, 2.05) is 0 Å². The van der Waals surface area contributed by atoms with Crippen LogP contribution in [0.3, 0.4) is 0 Å². The number of hydrogen-bond donors (Lipinski definition) is 3. The SMILES string of the molecule is O=C1NC(C(=O)Nc2ccc(Cl)cc2C(=O)O)CS1. The summed E-state index contributed by atoms with van der Waals surface area (Å²) in [5, 5.41) is 14.0. The van der Waals surface area contributed by atoms with Crippen LogP contribution in [0.5, 0.6) is 0 Å². The molecular weight excluding hydrogens is 292 g/mol. The standard InChI is InChI=1S/C11H9ClN2O4S/c12-5-1-2-7(6(3-5)10(16)17)13-9(15)8-4-19-11(18)14-8/h1-3,8H,4H2,(H,13,15)(H,14,18)(H,16,17). The third-order valence-electron chi connectivity index (χ3n) is 2.46. The fourth-order valence-corrected chi connectivity index (χ4v) is 2.50. The van der Waals surface area contributed by atoms with Crippen LogP contribution >= 0.6 is 23.4 Å². The summed E-state index contributed by atoms with van der Waals surface area (Å²) in [5.41, 5.74) is 0.0471. The average Bonchev–Trinajstić information content (AvgIpc) is 2.78. The molecule has 1 fully saturated rings. The highest BCUT2D eigenvalue weighted by Crippen LogP contribution is 2.22. The minimum Gasteiger partial charge on any atom is -0.478 e. The number of carboxylic acid groups (broad SMARTS) is 1. The minimum absolute atomic E-state index is 0.0992. The van der Waals surface area contributed by atoms with Gasteiger partial charge >= 0.3 is 5.97 Å². The zero-order valence-electron chi connectivity index (χ0n) is 9.47. The van der Waals surface area contributed by atoms with E-state index in [1.165, 1.54) is 18.2 Å². The van der Waals surface area contributed by atoms with E-state index >= 15 is 0 Å². The monoisotopic (exact) mass is 300 g/mol. The highest BCUT2D eigenvalue weighted by Gasteiger charge is 2.28. The second-order valence-electron chi connectivity index (χ2n) is 3.78. The highest BCUT2D eigenvalue weighted by molar-refractivity contribution is 8.14. The zero-order chi connectivity index (χ0) is 14.0. The van der Waals surface area contributed by atoms with Crippen molar-refractivity contribution in [1.29, 1.82) is 0 Å². The molecule has 1 aromatic carbocycles. The van der Waals surface area contributed by atoms with Gasteiger partial charge in [-0.1, -0.05) is 23.4 Å². The molecule has 0 bridgehead atoms. The van der Waals surface area contributed by atoms with E-state index < -0.39 is 17.9 Å². The summed E-state index contributed by atoms with van der Waals surface area (Å²) in [6, 6.07) is 3.48. The van der Waals surface area contributed by atoms with Crippen LogP contribution in [0.15, 0.2) is 18.2 Å². The second-order valence-corrected chi connectivity index (χ2v) is 5.21. The topological polar surface area (TPSA) is 95.5 Å². The fraction of sp³-hybridized carbons (Fsp3) is 0.182. The summed E-state index contributed by atoms with van der Waals surface area (Å²) in [5.74, 6) is -1.33. The number of thioether (sulfide) groups is 1. The van der Waals surface area contributed by atoms with E-state index in [0.717, 1.165) is 11.8 Å². The van der Waals surface area contributed by atoms with Crippen LogP contribution in [0.4, 0.5) is 10.5 Å². The molecule has 0 aromatic heterocycles. The maximum atomic E-state index is 11.9. The average molecular weight is 301 g/mol. The number of benzene rings is 1. The number of nitrogens with one attached hydrogen (secondary N) is 2. The summed E-state index contributed by atoms with van der Waals surface area (Å²) in [7, 11) is 0. The molecule has 8 heteroatoms. The van der Waals surface area contributed by atoms with Gasteiger partial charge in [-0.05, 0) is 18.2 Å². The largest absolute Gasteiger partial charge is 0.478 e. The Labute approximate surface area is 117 Å². The Morgan fingerprint density at radius 1 is 1.47 bits per heavy atom. The first-order valence-electron chi connectivity index (χ1n) is 5.24. The summed E-state index contributed by atoms with van der Waals surface area (Å²) >= 11 is 6.72. The van der Waals surface area contributed by atoms with Gasteiger partial charge in [0.25, 0.3) is 5.24 Å². The fourth-order valence-electron chi connectivity index (χ4n) is 1.55. The Kier molecular flexibility index (Phi) is 3.96. The molecule has 0 spiro atoms. The number of carbonyl (C=O) groups excluding carboxylic acids is 2. The van der Waals surface area contributed by atoms with Gasteiger partial charge in [0.05, 0.1) is 11.3 Å². The van der Waals surface area contributed by atoms with Crippen molar-refractivity contribution in [2.45, 2.75) is 6.04 Å². The van der Waals surface area contributed by atoms with Crippen LogP contribution < -0.4 is 10.6 Å². The van der Waals surface area contributed by atoms with Gasteiger partial charge < -0.3 is 15.7 Å². The molecule has 0 radical (unpaired) electrons. The lowest BCUT2D eigenvalue weighted by molar-refractivity contribution is -0.117. The minimum atomic E-state index is -1.19. The summed E-state index contributed by atoms with van der Waals surface area (Å²) in [4.78, 5) is 33.9. The molecule has 1 heterocycles. The molecule has 1 atom stereocenters. The molecule has 6 nitrogen and oxygen atoms in total. The molecule has 3 N–H and O–H groups in total. The number of aromatic carboxylic acids is 1. The molecule has 100 valence electrons. The van der Waals surface area contributed by atoms with E-state index in [1.54, 1.807) is 0 Å². The molecule has 1 aliphatic heterocycles. The Hall–Kier alpha value is -1.73. The van der Waals surface area contributed by atoms with Crippen molar-refractivity contribution in [3.05, 3.63) is 28.8 Å². The lowest BCUT2D eigenvalue weighted by Crippen LogP contribution is -2.38. The Bertz CT molecular complexity index is 564. The van der Waals surface area contributed by atoms with Crippen LogP contribution in [0.25, 0.3) is 0 Å². The van der Waals surface area contributed by atoms with E-state index in [0.29, 0.717) is 5.75 Å². The molecular formula is C11H9ClN2O4S. The smallest absolute Gasteiger partial charge is 0.337 e. The second kappa shape index (κ2) is 5.50.